The van der Waals surface area contributed by atoms with Crippen LogP contribution in [0.1, 0.15) is 34.6 Å². The molecule has 0 aliphatic carbocycles. The highest BCUT2D eigenvalue weighted by Gasteiger charge is 2.25. The van der Waals surface area contributed by atoms with Gasteiger partial charge in [-0.25, -0.2) is 4.39 Å². The van der Waals surface area contributed by atoms with Crippen LogP contribution < -0.4 is 0 Å². The van der Waals surface area contributed by atoms with Gasteiger partial charge in [0.2, 0.25) is 6.10 Å². The molecule has 4 rings (SSSR count). The predicted octanol–water partition coefficient (Wildman–Crippen LogP) is 4.18. The van der Waals surface area contributed by atoms with Gasteiger partial charge in [-0.3, -0.25) is 4.79 Å². The molecule has 0 bridgehead atoms. The van der Waals surface area contributed by atoms with Crippen LogP contribution in [-0.4, -0.2) is 21.1 Å². The van der Waals surface area contributed by atoms with Gasteiger partial charge in [0.25, 0.3) is 5.89 Å². The fraction of sp³-hybridized carbons (Fsp3) is 0.190. The van der Waals surface area contributed by atoms with E-state index in [2.05, 4.69) is 15.1 Å². The van der Waals surface area contributed by atoms with Crippen LogP contribution in [0.4, 0.5) is 4.39 Å². The quantitative estimate of drug-likeness (QED) is 0.526. The Morgan fingerprint density at radius 3 is 2.71 bits per heavy atom. The molecular formula is C21H18FN3O3. The summed E-state index contributed by atoms with van der Waals surface area (Å²) in [4.78, 5) is 20.1. The second-order valence-corrected chi connectivity index (χ2v) is 6.56. The van der Waals surface area contributed by atoms with Gasteiger partial charge in [0.05, 0.1) is 6.42 Å². The molecule has 0 spiro atoms. The Bertz CT molecular complexity index is 1130. The average molecular weight is 379 g/mol. The standard InChI is InChI=1S/C21H18FN3O3/c1-12-16(17-10-15(22)8-9-18(17)23-12)11-19(26)27-20(14-6-4-3-5-7-14)21-24-13(2)25-28-21/h3-10,20,23H,11H2,1-2H3/t20-/m1/s1. The number of nitrogens with zero attached hydrogens (tertiary/aromatic N) is 2. The van der Waals surface area contributed by atoms with Gasteiger partial charge in [0.1, 0.15) is 5.82 Å². The summed E-state index contributed by atoms with van der Waals surface area (Å²) in [5, 5.41) is 4.45. The van der Waals surface area contributed by atoms with E-state index in [-0.39, 0.29) is 18.1 Å². The number of carbonyl (C=O) groups excluding carboxylic acids is 1. The summed E-state index contributed by atoms with van der Waals surface area (Å²) in [5.41, 5.74) is 2.99. The number of carbonyl (C=O) groups is 1. The number of esters is 1. The predicted molar refractivity (Wildman–Crippen MR) is 100 cm³/mol. The summed E-state index contributed by atoms with van der Waals surface area (Å²) < 4.78 is 24.6. The van der Waals surface area contributed by atoms with E-state index < -0.39 is 12.1 Å². The normalized spacial score (nSPS) is 12.2. The molecule has 0 saturated carbocycles. The molecule has 6 nitrogen and oxygen atoms in total. The second kappa shape index (κ2) is 7.26. The minimum atomic E-state index is -0.808. The zero-order chi connectivity index (χ0) is 19.7. The summed E-state index contributed by atoms with van der Waals surface area (Å²) in [5.74, 6) is -0.170. The van der Waals surface area contributed by atoms with E-state index >= 15 is 0 Å². The minimum absolute atomic E-state index is 0.00819. The number of rotatable bonds is 5. The number of hydrogen-bond acceptors (Lipinski definition) is 5. The summed E-state index contributed by atoms with van der Waals surface area (Å²) in [6.07, 6.45) is -0.816. The zero-order valence-corrected chi connectivity index (χ0v) is 15.4. The molecule has 0 unspecified atom stereocenters. The summed E-state index contributed by atoms with van der Waals surface area (Å²) in [6.45, 7) is 3.54. The molecule has 4 aromatic rings. The fourth-order valence-corrected chi connectivity index (χ4v) is 3.21. The smallest absolute Gasteiger partial charge is 0.311 e. The Morgan fingerprint density at radius 1 is 1.21 bits per heavy atom. The van der Waals surface area contributed by atoms with Crippen molar-refractivity contribution in [3.05, 3.63) is 82.9 Å². The van der Waals surface area contributed by atoms with Gasteiger partial charge in [-0.1, -0.05) is 35.5 Å². The molecule has 0 aliphatic heterocycles. The van der Waals surface area contributed by atoms with Crippen molar-refractivity contribution in [3.63, 3.8) is 0 Å². The third-order valence-corrected chi connectivity index (χ3v) is 4.52. The van der Waals surface area contributed by atoms with E-state index in [4.69, 9.17) is 9.26 Å². The van der Waals surface area contributed by atoms with Gasteiger partial charge in [0, 0.05) is 22.2 Å². The Morgan fingerprint density at radius 2 is 2.00 bits per heavy atom. The van der Waals surface area contributed by atoms with E-state index in [1.54, 1.807) is 13.0 Å². The highest BCUT2D eigenvalue weighted by Crippen LogP contribution is 2.27. The number of nitrogens with one attached hydrogen (secondary N) is 1. The zero-order valence-electron chi connectivity index (χ0n) is 15.4. The van der Waals surface area contributed by atoms with E-state index in [9.17, 15) is 9.18 Å². The van der Waals surface area contributed by atoms with Crippen LogP contribution in [0.5, 0.6) is 0 Å². The second-order valence-electron chi connectivity index (χ2n) is 6.56. The van der Waals surface area contributed by atoms with Gasteiger partial charge in [-0.15, -0.1) is 0 Å². The Labute approximate surface area is 160 Å². The van der Waals surface area contributed by atoms with Crippen molar-refractivity contribution >= 4 is 16.9 Å². The molecule has 0 radical (unpaired) electrons. The maximum absolute atomic E-state index is 13.7. The van der Waals surface area contributed by atoms with E-state index in [1.807, 2.05) is 37.3 Å². The number of aromatic amines is 1. The third kappa shape index (κ3) is 3.51. The monoisotopic (exact) mass is 379 g/mol. The highest BCUT2D eigenvalue weighted by atomic mass is 19.1. The van der Waals surface area contributed by atoms with Crippen LogP contribution in [-0.2, 0) is 16.0 Å². The molecule has 1 N–H and O–H groups in total. The lowest BCUT2D eigenvalue weighted by molar-refractivity contribution is -0.147. The molecule has 2 heterocycles. The molecule has 0 saturated heterocycles. The first-order valence-electron chi connectivity index (χ1n) is 8.82. The molecule has 2 aromatic heterocycles. The van der Waals surface area contributed by atoms with Crippen molar-refractivity contribution in [2.45, 2.75) is 26.4 Å². The van der Waals surface area contributed by atoms with Gasteiger partial charge in [0.15, 0.2) is 5.82 Å². The Balaban J connectivity index is 1.62. The lowest BCUT2D eigenvalue weighted by Crippen LogP contribution is -2.15. The number of benzene rings is 2. The number of fused-ring (bicyclic) bond motifs is 1. The number of ether oxygens (including phenoxy) is 1. The number of aryl methyl sites for hydroxylation is 2. The fourth-order valence-electron chi connectivity index (χ4n) is 3.21. The molecule has 0 aliphatic rings. The topological polar surface area (TPSA) is 81.0 Å². The molecular weight excluding hydrogens is 361 g/mol. The van der Waals surface area contributed by atoms with Gasteiger partial charge in [-0.2, -0.15) is 4.98 Å². The first-order valence-corrected chi connectivity index (χ1v) is 8.82. The third-order valence-electron chi connectivity index (χ3n) is 4.52. The van der Waals surface area contributed by atoms with Crippen molar-refractivity contribution < 1.29 is 18.4 Å². The van der Waals surface area contributed by atoms with Crippen molar-refractivity contribution in [1.82, 2.24) is 15.1 Å². The minimum Gasteiger partial charge on any atom is -0.447 e. The van der Waals surface area contributed by atoms with Crippen molar-refractivity contribution in [2.24, 2.45) is 0 Å². The Hall–Kier alpha value is -3.48. The number of halogens is 1. The van der Waals surface area contributed by atoms with Crippen molar-refractivity contribution in [2.75, 3.05) is 0 Å². The molecule has 0 fully saturated rings. The first kappa shape index (κ1) is 17.9. The summed E-state index contributed by atoms with van der Waals surface area (Å²) in [6, 6.07) is 13.6. The van der Waals surface area contributed by atoms with Crippen LogP contribution >= 0.6 is 0 Å². The van der Waals surface area contributed by atoms with Crippen LogP contribution in [0.2, 0.25) is 0 Å². The van der Waals surface area contributed by atoms with Crippen LogP contribution in [0, 0.1) is 19.7 Å². The molecule has 7 heteroatoms. The van der Waals surface area contributed by atoms with E-state index in [0.29, 0.717) is 16.8 Å². The highest BCUT2D eigenvalue weighted by molar-refractivity contribution is 5.88. The number of hydrogen-bond donors (Lipinski definition) is 1. The Kier molecular flexibility index (Phi) is 4.65. The maximum Gasteiger partial charge on any atom is 0.311 e. The molecule has 28 heavy (non-hydrogen) atoms. The summed E-state index contributed by atoms with van der Waals surface area (Å²) >= 11 is 0. The van der Waals surface area contributed by atoms with E-state index in [0.717, 1.165) is 16.8 Å². The summed E-state index contributed by atoms with van der Waals surface area (Å²) in [7, 11) is 0. The van der Waals surface area contributed by atoms with Crippen LogP contribution in [0.15, 0.2) is 53.1 Å². The first-order chi connectivity index (χ1) is 13.5. The SMILES string of the molecule is Cc1noc([C@H](OC(=O)Cc2c(C)[nH]c3ccc(F)cc23)c2ccccc2)n1. The molecule has 142 valence electrons. The van der Waals surface area contributed by atoms with Crippen LogP contribution in [0.25, 0.3) is 10.9 Å². The molecule has 0 amide bonds. The number of aromatic nitrogens is 3. The average Bonchev–Trinajstić information content (AvgIpc) is 3.24. The maximum atomic E-state index is 13.7. The molecule has 1 atom stereocenters. The van der Waals surface area contributed by atoms with Crippen molar-refractivity contribution in [1.29, 1.82) is 0 Å². The van der Waals surface area contributed by atoms with Gasteiger partial charge < -0.3 is 14.2 Å². The van der Waals surface area contributed by atoms with Crippen molar-refractivity contribution in [3.8, 4) is 0 Å². The van der Waals surface area contributed by atoms with Crippen LogP contribution in [0.3, 0.4) is 0 Å². The van der Waals surface area contributed by atoms with E-state index in [1.165, 1.54) is 12.1 Å². The lowest BCUT2D eigenvalue weighted by atomic mass is 10.1. The molecule has 2 aromatic carbocycles. The van der Waals surface area contributed by atoms with Gasteiger partial charge >= 0.3 is 5.97 Å². The lowest BCUT2D eigenvalue weighted by Gasteiger charge is -2.15. The van der Waals surface area contributed by atoms with Gasteiger partial charge in [-0.05, 0) is 37.6 Å². The largest absolute Gasteiger partial charge is 0.447 e. The number of H-pyrrole nitrogens is 1.